The molecule has 0 bridgehead atoms. The molecule has 2 N–H and O–H groups in total. The number of nitrogens with one attached hydrogen (secondary N) is 2. The van der Waals surface area contributed by atoms with Crippen molar-refractivity contribution in [2.45, 2.75) is 25.4 Å². The summed E-state index contributed by atoms with van der Waals surface area (Å²) in [6, 6.07) is 3.70. The van der Waals surface area contributed by atoms with E-state index in [1.54, 1.807) is 13.0 Å². The van der Waals surface area contributed by atoms with Crippen LogP contribution in [0.25, 0.3) is 0 Å². The van der Waals surface area contributed by atoms with E-state index >= 15 is 0 Å². The van der Waals surface area contributed by atoms with E-state index in [1.807, 2.05) is 0 Å². The van der Waals surface area contributed by atoms with Crippen molar-refractivity contribution in [2.75, 3.05) is 10.6 Å². The van der Waals surface area contributed by atoms with E-state index in [9.17, 15) is 22.8 Å². The largest absolute Gasteiger partial charge is 0.418 e. The number of rotatable bonds is 8. The van der Waals surface area contributed by atoms with Crippen LogP contribution in [0.3, 0.4) is 0 Å². The lowest BCUT2D eigenvalue weighted by Crippen LogP contribution is -2.13. The van der Waals surface area contributed by atoms with Crippen molar-refractivity contribution in [1.29, 1.82) is 0 Å². The normalized spacial score (nSPS) is 12.2. The molecule has 4 rings (SSSR count). The fraction of sp³-hybridized carbons (Fsp3) is 0.190. The van der Waals surface area contributed by atoms with Crippen molar-refractivity contribution < 1.29 is 27.3 Å². The second-order valence-electron chi connectivity index (χ2n) is 7.39. The van der Waals surface area contributed by atoms with Gasteiger partial charge in [-0.3, -0.25) is 9.59 Å². The zero-order valence-electron chi connectivity index (χ0n) is 18.2. The van der Waals surface area contributed by atoms with Gasteiger partial charge in [0, 0.05) is 30.7 Å². The Balaban J connectivity index is 1.40. The van der Waals surface area contributed by atoms with E-state index in [1.165, 1.54) is 24.9 Å². The summed E-state index contributed by atoms with van der Waals surface area (Å²) in [5.74, 6) is -0.880. The average molecular weight is 538 g/mol. The minimum absolute atomic E-state index is 0.0443. The Labute approximate surface area is 209 Å². The van der Waals surface area contributed by atoms with E-state index < -0.39 is 22.7 Å². The van der Waals surface area contributed by atoms with Gasteiger partial charge >= 0.3 is 6.18 Å². The highest BCUT2D eigenvalue weighted by Crippen LogP contribution is 2.35. The molecule has 0 aromatic carbocycles. The van der Waals surface area contributed by atoms with Crippen LogP contribution in [0.5, 0.6) is 0 Å². The quantitative estimate of drug-likeness (QED) is 0.284. The molecule has 4 heterocycles. The van der Waals surface area contributed by atoms with Crippen molar-refractivity contribution in [3.05, 3.63) is 69.3 Å². The number of Topliss-reactive ketones (excluding diaryl/α,β-unsaturated/α-hetero) is 1. The van der Waals surface area contributed by atoms with Gasteiger partial charge in [-0.1, -0.05) is 23.7 Å². The standard InChI is InChI=1S/C21H15ClF3N7O3S/c1-10(4-14(33)13-6-18(29-9-28-13)30-16-2-3-35-32-16)20-27-8-15(36-20)19(34)31-17-5-11(21(23,24)25)12(22)7-26-17/h2-3,5-10H,4H2,1H3,(H,26,31,34)(H,28,29,30,32)/t10-/m1/s1. The number of pyridine rings is 1. The van der Waals surface area contributed by atoms with Gasteiger partial charge in [-0.15, -0.1) is 11.3 Å². The van der Waals surface area contributed by atoms with Gasteiger partial charge in [-0.2, -0.15) is 13.2 Å². The molecule has 0 saturated carbocycles. The number of hydrogen-bond donors (Lipinski definition) is 2. The Morgan fingerprint density at radius 1 is 1.11 bits per heavy atom. The molecule has 0 aliphatic rings. The third-order valence-electron chi connectivity index (χ3n) is 4.71. The highest BCUT2D eigenvalue weighted by molar-refractivity contribution is 7.13. The summed E-state index contributed by atoms with van der Waals surface area (Å²) in [7, 11) is 0. The third-order valence-corrected chi connectivity index (χ3v) is 6.24. The molecule has 1 atom stereocenters. The van der Waals surface area contributed by atoms with Gasteiger partial charge in [0.05, 0.1) is 21.8 Å². The monoisotopic (exact) mass is 537 g/mol. The summed E-state index contributed by atoms with van der Waals surface area (Å²) < 4.78 is 43.8. The van der Waals surface area contributed by atoms with Gasteiger partial charge in [-0.25, -0.2) is 19.9 Å². The lowest BCUT2D eigenvalue weighted by molar-refractivity contribution is -0.137. The molecule has 0 aliphatic heterocycles. The van der Waals surface area contributed by atoms with E-state index in [0.29, 0.717) is 22.7 Å². The van der Waals surface area contributed by atoms with Crippen molar-refractivity contribution >= 4 is 52.1 Å². The maximum absolute atomic E-state index is 13.0. The van der Waals surface area contributed by atoms with Crippen LogP contribution in [0.15, 0.2) is 47.7 Å². The predicted molar refractivity (Wildman–Crippen MR) is 123 cm³/mol. The van der Waals surface area contributed by atoms with E-state index in [2.05, 4.69) is 35.7 Å². The molecule has 0 saturated heterocycles. The van der Waals surface area contributed by atoms with Crippen molar-refractivity contribution in [3.63, 3.8) is 0 Å². The lowest BCUT2D eigenvalue weighted by Gasteiger charge is -2.10. The number of aromatic nitrogens is 5. The Kier molecular flexibility index (Phi) is 7.26. The molecule has 4 aromatic heterocycles. The second kappa shape index (κ2) is 10.4. The van der Waals surface area contributed by atoms with Gasteiger partial charge in [0.15, 0.2) is 11.6 Å². The third kappa shape index (κ3) is 6.01. The van der Waals surface area contributed by atoms with Crippen LogP contribution in [0.4, 0.5) is 30.6 Å². The molecule has 10 nitrogen and oxygen atoms in total. The molecule has 4 aromatic rings. The smallest absolute Gasteiger partial charge is 0.363 e. The van der Waals surface area contributed by atoms with Gasteiger partial charge in [0.25, 0.3) is 5.91 Å². The zero-order chi connectivity index (χ0) is 25.9. The van der Waals surface area contributed by atoms with Crippen LogP contribution < -0.4 is 10.6 Å². The van der Waals surface area contributed by atoms with Crippen molar-refractivity contribution in [3.8, 4) is 0 Å². The number of amides is 1. The van der Waals surface area contributed by atoms with Crippen LogP contribution in [0.2, 0.25) is 5.02 Å². The van der Waals surface area contributed by atoms with Gasteiger partial charge in [-0.05, 0) is 6.07 Å². The van der Waals surface area contributed by atoms with E-state index in [-0.39, 0.29) is 34.5 Å². The molecule has 0 fully saturated rings. The molecule has 1 amide bonds. The summed E-state index contributed by atoms with van der Waals surface area (Å²) in [6.45, 7) is 1.75. The Morgan fingerprint density at radius 2 is 1.92 bits per heavy atom. The van der Waals surface area contributed by atoms with Crippen LogP contribution >= 0.6 is 22.9 Å². The van der Waals surface area contributed by atoms with Gasteiger partial charge < -0.3 is 15.2 Å². The van der Waals surface area contributed by atoms with E-state index in [0.717, 1.165) is 17.5 Å². The first-order chi connectivity index (χ1) is 17.1. The number of anilines is 3. The summed E-state index contributed by atoms with van der Waals surface area (Å²) in [5.41, 5.74) is -0.942. The molecular weight excluding hydrogens is 523 g/mol. The predicted octanol–water partition coefficient (Wildman–Crippen LogP) is 5.36. The summed E-state index contributed by atoms with van der Waals surface area (Å²) >= 11 is 6.56. The van der Waals surface area contributed by atoms with Gasteiger partial charge in [0.1, 0.15) is 34.8 Å². The van der Waals surface area contributed by atoms with E-state index in [4.69, 9.17) is 16.1 Å². The summed E-state index contributed by atoms with van der Waals surface area (Å²) in [5, 5.41) is 8.79. The van der Waals surface area contributed by atoms with Crippen LogP contribution in [0.1, 0.15) is 50.0 Å². The number of ketones is 1. The van der Waals surface area contributed by atoms with Crippen molar-refractivity contribution in [1.82, 2.24) is 25.1 Å². The highest BCUT2D eigenvalue weighted by atomic mass is 35.5. The van der Waals surface area contributed by atoms with Crippen LogP contribution in [-0.2, 0) is 6.18 Å². The Bertz CT molecular complexity index is 1400. The highest BCUT2D eigenvalue weighted by Gasteiger charge is 2.34. The molecule has 15 heteroatoms. The second-order valence-corrected chi connectivity index (χ2v) is 8.86. The molecule has 0 aliphatic carbocycles. The zero-order valence-corrected chi connectivity index (χ0v) is 19.8. The number of alkyl halides is 3. The molecule has 0 radical (unpaired) electrons. The summed E-state index contributed by atoms with van der Waals surface area (Å²) in [6.07, 6.45) is 0.0538. The first-order valence-electron chi connectivity index (χ1n) is 10.1. The van der Waals surface area contributed by atoms with Crippen LogP contribution in [-0.4, -0.2) is 36.8 Å². The SMILES string of the molecule is C[C@H](CC(=O)c1cc(Nc2ccon2)ncn1)c1ncc(C(=O)Nc2cc(C(F)(F)F)c(Cl)cn2)s1. The average Bonchev–Trinajstić information content (AvgIpc) is 3.52. The fourth-order valence-corrected chi connectivity index (χ4v) is 4.05. The topological polar surface area (TPSA) is 136 Å². The number of carbonyl (C=O) groups excluding carboxylic acids is 2. The number of hydrogen-bond acceptors (Lipinski definition) is 10. The lowest BCUT2D eigenvalue weighted by atomic mass is 10.0. The Hall–Kier alpha value is -3.91. The molecule has 186 valence electrons. The summed E-state index contributed by atoms with van der Waals surface area (Å²) in [4.78, 5) is 41.3. The number of carbonyl (C=O) groups is 2. The Morgan fingerprint density at radius 3 is 2.64 bits per heavy atom. The van der Waals surface area contributed by atoms with Crippen molar-refractivity contribution in [2.24, 2.45) is 0 Å². The number of halogens is 4. The van der Waals surface area contributed by atoms with Gasteiger partial charge in [0.2, 0.25) is 0 Å². The minimum Gasteiger partial charge on any atom is -0.363 e. The number of nitrogens with zero attached hydrogens (tertiary/aromatic N) is 5. The maximum Gasteiger partial charge on any atom is 0.418 e. The maximum atomic E-state index is 13.0. The molecule has 0 spiro atoms. The van der Waals surface area contributed by atoms with Crippen LogP contribution in [0, 0.1) is 0 Å². The molecule has 0 unspecified atom stereocenters. The molecule has 36 heavy (non-hydrogen) atoms. The molecular formula is C21H15ClF3N7O3S. The first-order valence-corrected chi connectivity index (χ1v) is 11.3. The minimum atomic E-state index is -4.70. The first kappa shape index (κ1) is 25.2. The fourth-order valence-electron chi connectivity index (χ4n) is 2.98. The number of thiazole rings is 1.